The Morgan fingerprint density at radius 1 is 0.906 bits per heavy atom. The van der Waals surface area contributed by atoms with Gasteiger partial charge in [0.2, 0.25) is 5.91 Å². The van der Waals surface area contributed by atoms with Crippen LogP contribution in [0, 0.1) is 0 Å². The summed E-state index contributed by atoms with van der Waals surface area (Å²) >= 11 is 7.25. The Labute approximate surface area is 194 Å². The van der Waals surface area contributed by atoms with Gasteiger partial charge in [0, 0.05) is 22.7 Å². The third kappa shape index (κ3) is 3.60. The second-order valence-electron chi connectivity index (χ2n) is 7.64. The number of anilines is 1. The Hall–Kier alpha value is -3.41. The van der Waals surface area contributed by atoms with Crippen LogP contribution in [0.15, 0.2) is 78.2 Å². The molecule has 4 nitrogen and oxygen atoms in total. The van der Waals surface area contributed by atoms with Crippen LogP contribution >= 0.6 is 22.9 Å². The molecular weight excluding hydrogens is 442 g/mol. The van der Waals surface area contributed by atoms with E-state index in [9.17, 15) is 14.7 Å². The van der Waals surface area contributed by atoms with Crippen molar-refractivity contribution in [1.29, 1.82) is 0 Å². The van der Waals surface area contributed by atoms with Gasteiger partial charge < -0.3 is 10.4 Å². The van der Waals surface area contributed by atoms with E-state index in [2.05, 4.69) is 29.6 Å². The zero-order valence-electron chi connectivity index (χ0n) is 16.8. The highest BCUT2D eigenvalue weighted by atomic mass is 35.5. The van der Waals surface area contributed by atoms with Crippen LogP contribution in [-0.2, 0) is 4.79 Å². The van der Waals surface area contributed by atoms with E-state index in [4.69, 9.17) is 11.6 Å². The molecule has 0 unspecified atom stereocenters. The van der Waals surface area contributed by atoms with Crippen LogP contribution in [0.2, 0.25) is 5.02 Å². The Morgan fingerprint density at radius 2 is 1.50 bits per heavy atom. The molecule has 0 radical (unpaired) electrons. The van der Waals surface area contributed by atoms with Crippen molar-refractivity contribution in [2.24, 2.45) is 0 Å². The number of halogens is 1. The number of benzene rings is 3. The smallest absolute Gasteiger partial charge is 0.339 e. The maximum atomic E-state index is 13.0. The van der Waals surface area contributed by atoms with Crippen LogP contribution in [0.4, 0.5) is 5.69 Å². The van der Waals surface area contributed by atoms with Crippen LogP contribution in [0.3, 0.4) is 0 Å². The number of carboxylic acids is 1. The number of thiophene rings is 1. The number of amides is 1. The first-order valence-electron chi connectivity index (χ1n) is 10.1. The van der Waals surface area contributed by atoms with Gasteiger partial charge in [0.25, 0.3) is 0 Å². The molecule has 4 aromatic rings. The first-order chi connectivity index (χ1) is 15.5. The van der Waals surface area contributed by atoms with Gasteiger partial charge in [0.1, 0.15) is 5.56 Å². The second kappa shape index (κ2) is 8.26. The Bertz CT molecular complexity index is 1300. The van der Waals surface area contributed by atoms with E-state index in [1.807, 2.05) is 24.3 Å². The molecule has 5 rings (SSSR count). The number of carbonyl (C=O) groups is 2. The molecule has 1 amide bonds. The molecular formula is C26H18ClNO3S. The predicted molar refractivity (Wildman–Crippen MR) is 129 cm³/mol. The predicted octanol–water partition coefficient (Wildman–Crippen LogP) is 6.91. The van der Waals surface area contributed by atoms with Crippen molar-refractivity contribution < 1.29 is 14.7 Å². The van der Waals surface area contributed by atoms with Crippen molar-refractivity contribution in [3.8, 4) is 21.6 Å². The van der Waals surface area contributed by atoms with Gasteiger partial charge in [-0.3, -0.25) is 4.79 Å². The molecule has 0 spiro atoms. The van der Waals surface area contributed by atoms with Gasteiger partial charge in [-0.2, -0.15) is 0 Å². The minimum Gasteiger partial charge on any atom is -0.478 e. The maximum Gasteiger partial charge on any atom is 0.339 e. The second-order valence-corrected chi connectivity index (χ2v) is 8.96. The summed E-state index contributed by atoms with van der Waals surface area (Å²) in [7, 11) is 0. The molecule has 0 atom stereocenters. The Balaban J connectivity index is 1.43. The number of aromatic carboxylic acids is 1. The minimum absolute atomic E-state index is 0.0648. The largest absolute Gasteiger partial charge is 0.478 e. The van der Waals surface area contributed by atoms with Crippen molar-refractivity contribution in [2.45, 2.75) is 12.3 Å². The van der Waals surface area contributed by atoms with E-state index in [0.717, 1.165) is 27.8 Å². The average molecular weight is 460 g/mol. The van der Waals surface area contributed by atoms with Crippen LogP contribution in [0.25, 0.3) is 21.6 Å². The van der Waals surface area contributed by atoms with E-state index < -0.39 is 5.97 Å². The number of fused-ring (bicyclic) bond motifs is 3. The summed E-state index contributed by atoms with van der Waals surface area (Å²) in [6, 6.07) is 23.2. The summed E-state index contributed by atoms with van der Waals surface area (Å²) < 4.78 is 0. The lowest BCUT2D eigenvalue weighted by molar-refractivity contribution is -0.116. The molecule has 3 aromatic carbocycles. The molecule has 1 heterocycles. The summed E-state index contributed by atoms with van der Waals surface area (Å²) in [5, 5.41) is 14.9. The van der Waals surface area contributed by atoms with Gasteiger partial charge >= 0.3 is 5.97 Å². The monoisotopic (exact) mass is 459 g/mol. The van der Waals surface area contributed by atoms with E-state index in [1.54, 1.807) is 29.6 Å². The number of carbonyl (C=O) groups excluding carboxylic acids is 1. The normalized spacial score (nSPS) is 12.3. The molecule has 0 saturated heterocycles. The van der Waals surface area contributed by atoms with Crippen molar-refractivity contribution in [3.63, 3.8) is 0 Å². The van der Waals surface area contributed by atoms with E-state index in [1.165, 1.54) is 11.3 Å². The van der Waals surface area contributed by atoms with E-state index >= 15 is 0 Å². The molecule has 32 heavy (non-hydrogen) atoms. The fraction of sp³-hybridized carbons (Fsp3) is 0.0769. The third-order valence-electron chi connectivity index (χ3n) is 5.74. The molecule has 1 aromatic heterocycles. The summed E-state index contributed by atoms with van der Waals surface area (Å²) in [4.78, 5) is 25.6. The van der Waals surface area contributed by atoms with Gasteiger partial charge in [0.15, 0.2) is 0 Å². The molecule has 2 N–H and O–H groups in total. The van der Waals surface area contributed by atoms with Gasteiger partial charge in [-0.15, -0.1) is 11.3 Å². The highest BCUT2D eigenvalue weighted by molar-refractivity contribution is 7.14. The van der Waals surface area contributed by atoms with E-state index in [-0.39, 0.29) is 23.8 Å². The lowest BCUT2D eigenvalue weighted by atomic mass is 9.93. The third-order valence-corrected chi connectivity index (χ3v) is 7.02. The number of carboxylic acid groups (broad SMARTS) is 1. The lowest BCUT2D eigenvalue weighted by Crippen LogP contribution is -2.16. The highest BCUT2D eigenvalue weighted by Crippen LogP contribution is 2.46. The first kappa shape index (κ1) is 20.5. The molecule has 1 aliphatic carbocycles. The SMILES string of the molecule is O=C(CC1c2ccccc2-c2ccccc21)Nc1csc(-c2ccc(Cl)cc2)c1C(=O)O. The van der Waals surface area contributed by atoms with Gasteiger partial charge in [-0.1, -0.05) is 72.3 Å². The molecule has 0 aliphatic heterocycles. The quantitative estimate of drug-likeness (QED) is 0.341. The van der Waals surface area contributed by atoms with Crippen LogP contribution in [-0.4, -0.2) is 17.0 Å². The standard InChI is InChI=1S/C26H18ClNO3S/c27-16-11-9-15(10-12-16)25-24(26(30)31)22(14-32-25)28-23(29)13-21-19-7-3-1-5-17(19)18-6-2-4-8-20(18)21/h1-12,14,21H,13H2,(H,28,29)(H,30,31). The van der Waals surface area contributed by atoms with Crippen molar-refractivity contribution >= 4 is 40.5 Å². The zero-order chi connectivity index (χ0) is 22.2. The maximum absolute atomic E-state index is 13.0. The van der Waals surface area contributed by atoms with Gasteiger partial charge in [-0.05, 0) is 39.9 Å². The number of hydrogen-bond donors (Lipinski definition) is 2. The van der Waals surface area contributed by atoms with Crippen molar-refractivity contribution in [3.05, 3.63) is 99.9 Å². The van der Waals surface area contributed by atoms with E-state index in [0.29, 0.717) is 15.6 Å². The average Bonchev–Trinajstić information content (AvgIpc) is 3.34. The first-order valence-corrected chi connectivity index (χ1v) is 11.4. The Morgan fingerprint density at radius 3 is 2.09 bits per heavy atom. The Kier molecular flexibility index (Phi) is 5.29. The number of nitrogens with one attached hydrogen (secondary N) is 1. The fourth-order valence-electron chi connectivity index (χ4n) is 4.34. The molecule has 0 saturated carbocycles. The highest BCUT2D eigenvalue weighted by Gasteiger charge is 2.30. The van der Waals surface area contributed by atoms with Crippen LogP contribution in [0.5, 0.6) is 0 Å². The van der Waals surface area contributed by atoms with Crippen molar-refractivity contribution in [1.82, 2.24) is 0 Å². The fourth-order valence-corrected chi connectivity index (χ4v) is 5.47. The summed E-state index contributed by atoms with van der Waals surface area (Å²) in [5.41, 5.74) is 5.69. The molecule has 6 heteroatoms. The van der Waals surface area contributed by atoms with Crippen molar-refractivity contribution in [2.75, 3.05) is 5.32 Å². The molecule has 0 fully saturated rings. The zero-order valence-corrected chi connectivity index (χ0v) is 18.4. The van der Waals surface area contributed by atoms with Gasteiger partial charge in [-0.25, -0.2) is 4.79 Å². The number of hydrogen-bond acceptors (Lipinski definition) is 3. The molecule has 1 aliphatic rings. The molecule has 0 bridgehead atoms. The summed E-state index contributed by atoms with van der Waals surface area (Å²) in [6.07, 6.45) is 0.235. The minimum atomic E-state index is -1.08. The number of rotatable bonds is 5. The van der Waals surface area contributed by atoms with Crippen LogP contribution in [0.1, 0.15) is 33.8 Å². The summed E-state index contributed by atoms with van der Waals surface area (Å²) in [5.74, 6) is -1.36. The topological polar surface area (TPSA) is 66.4 Å². The van der Waals surface area contributed by atoms with Crippen LogP contribution < -0.4 is 5.32 Å². The lowest BCUT2D eigenvalue weighted by Gasteiger charge is -2.14. The summed E-state index contributed by atoms with van der Waals surface area (Å²) in [6.45, 7) is 0. The van der Waals surface area contributed by atoms with Gasteiger partial charge in [0.05, 0.1) is 10.6 Å². The molecule has 158 valence electrons.